The quantitative estimate of drug-likeness (QED) is 0.651. The minimum absolute atomic E-state index is 0.000194. The Morgan fingerprint density at radius 1 is 1.11 bits per heavy atom. The monoisotopic (exact) mass is 256 g/mol. The fourth-order valence-corrected chi connectivity index (χ4v) is 2.14. The molecule has 0 aromatic heterocycles. The lowest BCUT2D eigenvalue weighted by atomic mass is 9.82. The van der Waals surface area contributed by atoms with Crippen molar-refractivity contribution in [3.05, 3.63) is 0 Å². The minimum atomic E-state index is -0.719. The number of carbonyl (C=O) groups excluding carboxylic acids is 2. The first-order valence-electron chi connectivity index (χ1n) is 6.23. The van der Waals surface area contributed by atoms with Crippen LogP contribution in [0, 0.1) is 11.8 Å². The molecular formula is C12H20N2O4. The molecular weight excluding hydrogens is 236 g/mol. The SMILES string of the molecule is CC(=O)NCC(=O)NCC1CCC(C(=O)O)CC1. The van der Waals surface area contributed by atoms with Crippen molar-refractivity contribution < 1.29 is 19.5 Å². The molecule has 0 aromatic rings. The standard InChI is InChI=1S/C12H20N2O4/c1-8(15)13-7-11(16)14-6-9-2-4-10(5-3-9)12(17)18/h9-10H,2-7H2,1H3,(H,13,15)(H,14,16)(H,17,18). The number of rotatable bonds is 5. The molecule has 0 unspecified atom stereocenters. The Hall–Kier alpha value is -1.59. The molecule has 1 rings (SSSR count). The highest BCUT2D eigenvalue weighted by Crippen LogP contribution is 2.28. The van der Waals surface area contributed by atoms with Gasteiger partial charge in [-0.3, -0.25) is 14.4 Å². The maximum Gasteiger partial charge on any atom is 0.306 e. The highest BCUT2D eigenvalue weighted by Gasteiger charge is 2.25. The molecule has 18 heavy (non-hydrogen) atoms. The predicted octanol–water partition coefficient (Wildman–Crippen LogP) is 0.130. The first kappa shape index (κ1) is 14.5. The van der Waals surface area contributed by atoms with Crippen LogP contribution in [0.15, 0.2) is 0 Å². The molecule has 6 heteroatoms. The predicted molar refractivity (Wildman–Crippen MR) is 64.8 cm³/mol. The summed E-state index contributed by atoms with van der Waals surface area (Å²) in [5.41, 5.74) is 0. The van der Waals surface area contributed by atoms with Crippen LogP contribution in [-0.4, -0.2) is 36.0 Å². The number of hydrogen-bond acceptors (Lipinski definition) is 3. The maximum atomic E-state index is 11.3. The van der Waals surface area contributed by atoms with Crippen LogP contribution in [-0.2, 0) is 14.4 Å². The Morgan fingerprint density at radius 3 is 2.22 bits per heavy atom. The smallest absolute Gasteiger partial charge is 0.306 e. The highest BCUT2D eigenvalue weighted by atomic mass is 16.4. The van der Waals surface area contributed by atoms with Crippen molar-refractivity contribution in [2.75, 3.05) is 13.1 Å². The summed E-state index contributed by atoms with van der Waals surface area (Å²) in [6, 6.07) is 0. The van der Waals surface area contributed by atoms with E-state index in [0.29, 0.717) is 25.3 Å². The molecule has 1 saturated carbocycles. The van der Waals surface area contributed by atoms with Crippen LogP contribution in [0.4, 0.5) is 0 Å². The number of nitrogens with one attached hydrogen (secondary N) is 2. The Labute approximate surface area is 106 Å². The van der Waals surface area contributed by atoms with E-state index < -0.39 is 5.97 Å². The van der Waals surface area contributed by atoms with E-state index in [0.717, 1.165) is 12.8 Å². The lowest BCUT2D eigenvalue weighted by Crippen LogP contribution is -2.39. The van der Waals surface area contributed by atoms with E-state index in [9.17, 15) is 14.4 Å². The van der Waals surface area contributed by atoms with Gasteiger partial charge in [-0.15, -0.1) is 0 Å². The molecule has 0 bridgehead atoms. The summed E-state index contributed by atoms with van der Waals surface area (Å²) in [5.74, 6) is -1.03. The Balaban J connectivity index is 2.15. The average Bonchev–Trinajstić information content (AvgIpc) is 2.34. The van der Waals surface area contributed by atoms with E-state index in [1.165, 1.54) is 6.92 Å². The molecule has 0 atom stereocenters. The van der Waals surface area contributed by atoms with Gasteiger partial charge >= 0.3 is 5.97 Å². The Bertz CT molecular complexity index is 322. The third-order valence-electron chi connectivity index (χ3n) is 3.28. The summed E-state index contributed by atoms with van der Waals surface area (Å²) >= 11 is 0. The number of carbonyl (C=O) groups is 3. The van der Waals surface area contributed by atoms with Crippen molar-refractivity contribution >= 4 is 17.8 Å². The van der Waals surface area contributed by atoms with Gasteiger partial charge in [-0.25, -0.2) is 0 Å². The average molecular weight is 256 g/mol. The molecule has 0 radical (unpaired) electrons. The molecule has 0 saturated heterocycles. The first-order valence-corrected chi connectivity index (χ1v) is 6.23. The fourth-order valence-electron chi connectivity index (χ4n) is 2.14. The van der Waals surface area contributed by atoms with Crippen molar-refractivity contribution in [1.82, 2.24) is 10.6 Å². The minimum Gasteiger partial charge on any atom is -0.481 e. The molecule has 2 amide bonds. The van der Waals surface area contributed by atoms with E-state index in [2.05, 4.69) is 10.6 Å². The normalized spacial score (nSPS) is 23.2. The van der Waals surface area contributed by atoms with Crippen LogP contribution in [0.1, 0.15) is 32.6 Å². The number of carboxylic acid groups (broad SMARTS) is 1. The number of hydrogen-bond donors (Lipinski definition) is 3. The van der Waals surface area contributed by atoms with E-state index in [-0.39, 0.29) is 24.3 Å². The first-order chi connectivity index (χ1) is 8.49. The molecule has 6 nitrogen and oxygen atoms in total. The number of aliphatic carboxylic acids is 1. The maximum absolute atomic E-state index is 11.3. The zero-order valence-electron chi connectivity index (χ0n) is 10.6. The largest absolute Gasteiger partial charge is 0.481 e. The van der Waals surface area contributed by atoms with E-state index >= 15 is 0 Å². The van der Waals surface area contributed by atoms with Gasteiger partial charge in [0.05, 0.1) is 12.5 Å². The zero-order chi connectivity index (χ0) is 13.5. The van der Waals surface area contributed by atoms with E-state index in [1.807, 2.05) is 0 Å². The molecule has 0 aromatic carbocycles. The third-order valence-corrected chi connectivity index (χ3v) is 3.28. The van der Waals surface area contributed by atoms with Crippen LogP contribution in [0.3, 0.4) is 0 Å². The molecule has 102 valence electrons. The second-order valence-electron chi connectivity index (χ2n) is 4.77. The summed E-state index contributed by atoms with van der Waals surface area (Å²) in [7, 11) is 0. The third kappa shape index (κ3) is 5.16. The molecule has 1 aliphatic carbocycles. The number of carboxylic acids is 1. The molecule has 1 aliphatic rings. The Kier molecular flexibility index (Phi) is 5.61. The number of amides is 2. The molecule has 3 N–H and O–H groups in total. The lowest BCUT2D eigenvalue weighted by molar-refractivity contribution is -0.143. The van der Waals surface area contributed by atoms with Gasteiger partial charge in [0, 0.05) is 13.5 Å². The lowest BCUT2D eigenvalue weighted by Gasteiger charge is -2.26. The van der Waals surface area contributed by atoms with Crippen LogP contribution in [0.5, 0.6) is 0 Å². The summed E-state index contributed by atoms with van der Waals surface area (Å²) in [6.45, 7) is 1.92. The summed E-state index contributed by atoms with van der Waals surface area (Å²) < 4.78 is 0. The summed E-state index contributed by atoms with van der Waals surface area (Å²) in [6.07, 6.45) is 3.03. The van der Waals surface area contributed by atoms with Gasteiger partial charge in [0.1, 0.15) is 0 Å². The van der Waals surface area contributed by atoms with Crippen molar-refractivity contribution in [3.63, 3.8) is 0 Å². The topological polar surface area (TPSA) is 95.5 Å². The van der Waals surface area contributed by atoms with Crippen molar-refractivity contribution in [1.29, 1.82) is 0 Å². The molecule has 0 heterocycles. The van der Waals surface area contributed by atoms with Crippen molar-refractivity contribution in [2.24, 2.45) is 11.8 Å². The van der Waals surface area contributed by atoms with Crippen LogP contribution < -0.4 is 10.6 Å². The van der Waals surface area contributed by atoms with E-state index in [4.69, 9.17) is 5.11 Å². The summed E-state index contributed by atoms with van der Waals surface area (Å²) in [4.78, 5) is 32.7. The van der Waals surface area contributed by atoms with Crippen molar-refractivity contribution in [3.8, 4) is 0 Å². The van der Waals surface area contributed by atoms with E-state index in [1.54, 1.807) is 0 Å². The summed E-state index contributed by atoms with van der Waals surface area (Å²) in [5, 5.41) is 14.0. The second kappa shape index (κ2) is 6.98. The molecule has 0 aliphatic heterocycles. The van der Waals surface area contributed by atoms with Gasteiger partial charge in [0.15, 0.2) is 0 Å². The van der Waals surface area contributed by atoms with Gasteiger partial charge in [-0.2, -0.15) is 0 Å². The molecule has 1 fully saturated rings. The second-order valence-corrected chi connectivity index (χ2v) is 4.77. The van der Waals surface area contributed by atoms with Crippen LogP contribution in [0.2, 0.25) is 0 Å². The van der Waals surface area contributed by atoms with Crippen LogP contribution >= 0.6 is 0 Å². The Morgan fingerprint density at radius 2 is 1.72 bits per heavy atom. The fraction of sp³-hybridized carbons (Fsp3) is 0.750. The van der Waals surface area contributed by atoms with Gasteiger partial charge in [-0.1, -0.05) is 0 Å². The molecule has 0 spiro atoms. The van der Waals surface area contributed by atoms with Gasteiger partial charge in [-0.05, 0) is 31.6 Å². The zero-order valence-corrected chi connectivity index (χ0v) is 10.6. The van der Waals surface area contributed by atoms with Crippen molar-refractivity contribution in [2.45, 2.75) is 32.6 Å². The van der Waals surface area contributed by atoms with Gasteiger partial charge in [0.25, 0.3) is 0 Å². The van der Waals surface area contributed by atoms with Crippen LogP contribution in [0.25, 0.3) is 0 Å². The van der Waals surface area contributed by atoms with Gasteiger partial charge in [0.2, 0.25) is 11.8 Å². The highest BCUT2D eigenvalue weighted by molar-refractivity contribution is 5.83. The van der Waals surface area contributed by atoms with Gasteiger partial charge < -0.3 is 15.7 Å².